The Labute approximate surface area is 128 Å². The van der Waals surface area contributed by atoms with E-state index < -0.39 is 22.0 Å². The van der Waals surface area contributed by atoms with Crippen LogP contribution in [0, 0.1) is 5.92 Å². The molecule has 5 nitrogen and oxygen atoms in total. The van der Waals surface area contributed by atoms with Crippen LogP contribution in [0.2, 0.25) is 0 Å². The number of sulfonamides is 1. The molecule has 1 aromatic carbocycles. The van der Waals surface area contributed by atoms with Crippen LogP contribution < -0.4 is 0 Å². The molecule has 0 spiro atoms. The van der Waals surface area contributed by atoms with Crippen LogP contribution in [0.1, 0.15) is 13.8 Å². The quantitative estimate of drug-likeness (QED) is 0.752. The summed E-state index contributed by atoms with van der Waals surface area (Å²) in [7, 11) is -1.11. The minimum absolute atomic E-state index is 0.137. The number of hydrogen-bond acceptors (Lipinski definition) is 4. The predicted octanol–water partition coefficient (Wildman–Crippen LogP) is 2.27. The van der Waals surface area contributed by atoms with Crippen LogP contribution in [0.3, 0.4) is 0 Å². The molecule has 1 rings (SSSR count). The van der Waals surface area contributed by atoms with E-state index in [2.05, 4.69) is 15.9 Å². The van der Waals surface area contributed by atoms with Gasteiger partial charge in [-0.2, -0.15) is 4.31 Å². The zero-order valence-electron chi connectivity index (χ0n) is 11.8. The fraction of sp³-hybridized carbons (Fsp3) is 0.462. The maximum atomic E-state index is 12.5. The average molecular weight is 364 g/mol. The molecule has 112 valence electrons. The lowest BCUT2D eigenvalue weighted by Gasteiger charge is -2.28. The van der Waals surface area contributed by atoms with Crippen molar-refractivity contribution in [2.24, 2.45) is 5.92 Å². The average Bonchev–Trinajstić information content (AvgIpc) is 2.38. The van der Waals surface area contributed by atoms with Gasteiger partial charge in [-0.25, -0.2) is 8.42 Å². The molecule has 1 aromatic rings. The van der Waals surface area contributed by atoms with E-state index in [9.17, 15) is 13.2 Å². The summed E-state index contributed by atoms with van der Waals surface area (Å²) in [4.78, 5) is 11.9. The summed E-state index contributed by atoms with van der Waals surface area (Å²) in [5.41, 5.74) is 0. The first-order valence-electron chi connectivity index (χ1n) is 6.03. The van der Waals surface area contributed by atoms with Crippen molar-refractivity contribution in [2.45, 2.75) is 24.8 Å². The molecule has 1 atom stereocenters. The van der Waals surface area contributed by atoms with Gasteiger partial charge in [-0.3, -0.25) is 4.79 Å². The summed E-state index contributed by atoms with van der Waals surface area (Å²) >= 11 is 3.25. The van der Waals surface area contributed by atoms with Crippen molar-refractivity contribution in [2.75, 3.05) is 14.2 Å². The van der Waals surface area contributed by atoms with E-state index in [1.165, 1.54) is 26.3 Å². The van der Waals surface area contributed by atoms with Gasteiger partial charge in [-0.1, -0.05) is 29.8 Å². The Balaban J connectivity index is 3.19. The fourth-order valence-corrected chi connectivity index (χ4v) is 3.59. The highest BCUT2D eigenvalue weighted by atomic mass is 79.9. The number of esters is 1. The van der Waals surface area contributed by atoms with Crippen molar-refractivity contribution in [3.63, 3.8) is 0 Å². The van der Waals surface area contributed by atoms with E-state index in [-0.39, 0.29) is 10.8 Å². The van der Waals surface area contributed by atoms with Crippen molar-refractivity contribution >= 4 is 31.9 Å². The third kappa shape index (κ3) is 3.59. The summed E-state index contributed by atoms with van der Waals surface area (Å²) in [6.45, 7) is 3.55. The normalized spacial score (nSPS) is 13.6. The number of rotatable bonds is 5. The molecule has 0 aliphatic rings. The second-order valence-corrected chi connectivity index (χ2v) is 7.60. The number of hydrogen-bond donors (Lipinski definition) is 0. The Morgan fingerprint density at radius 1 is 1.25 bits per heavy atom. The predicted molar refractivity (Wildman–Crippen MR) is 79.7 cm³/mol. The third-order valence-corrected chi connectivity index (χ3v) is 5.34. The smallest absolute Gasteiger partial charge is 0.324 e. The standard InChI is InChI=1S/C13H18BrNO4S/c1-9(2)12(13(16)19-4)15(3)20(17,18)11-7-5-10(14)6-8-11/h5-9,12H,1-4H3/t12-/m1/s1. The lowest BCUT2D eigenvalue weighted by atomic mass is 10.1. The summed E-state index contributed by atoms with van der Waals surface area (Å²) in [6, 6.07) is 5.41. The van der Waals surface area contributed by atoms with Gasteiger partial charge < -0.3 is 4.74 Å². The van der Waals surface area contributed by atoms with Gasteiger partial charge in [0.05, 0.1) is 12.0 Å². The molecular weight excluding hydrogens is 346 g/mol. The van der Waals surface area contributed by atoms with Crippen molar-refractivity contribution in [3.8, 4) is 0 Å². The summed E-state index contributed by atoms with van der Waals surface area (Å²) in [5.74, 6) is -0.763. The zero-order chi connectivity index (χ0) is 15.5. The maximum Gasteiger partial charge on any atom is 0.324 e. The second-order valence-electron chi connectivity index (χ2n) is 4.69. The molecule has 0 bridgehead atoms. The lowest BCUT2D eigenvalue weighted by Crippen LogP contribution is -2.46. The monoisotopic (exact) mass is 363 g/mol. The topological polar surface area (TPSA) is 63.7 Å². The first-order chi connectivity index (χ1) is 9.21. The first-order valence-corrected chi connectivity index (χ1v) is 8.26. The highest BCUT2D eigenvalue weighted by molar-refractivity contribution is 9.10. The van der Waals surface area contributed by atoms with E-state index in [4.69, 9.17) is 4.74 Å². The van der Waals surface area contributed by atoms with Crippen LogP contribution in [0.15, 0.2) is 33.6 Å². The number of methoxy groups -OCH3 is 1. The molecule has 0 aliphatic heterocycles. The number of likely N-dealkylation sites (N-methyl/N-ethyl adjacent to an activating group) is 1. The molecule has 0 saturated heterocycles. The Morgan fingerprint density at radius 3 is 2.15 bits per heavy atom. The van der Waals surface area contributed by atoms with E-state index in [0.29, 0.717) is 0 Å². The number of ether oxygens (including phenoxy) is 1. The van der Waals surface area contributed by atoms with Crippen molar-refractivity contribution < 1.29 is 17.9 Å². The van der Waals surface area contributed by atoms with Gasteiger partial charge in [-0.15, -0.1) is 0 Å². The Morgan fingerprint density at radius 2 is 1.75 bits per heavy atom. The van der Waals surface area contributed by atoms with Gasteiger partial charge in [0, 0.05) is 11.5 Å². The van der Waals surface area contributed by atoms with Crippen LogP contribution >= 0.6 is 15.9 Å². The van der Waals surface area contributed by atoms with Crippen molar-refractivity contribution in [3.05, 3.63) is 28.7 Å². The Kier molecular flexibility index (Phi) is 5.73. The molecule has 0 amide bonds. The molecule has 0 aromatic heterocycles. The second kappa shape index (κ2) is 6.69. The van der Waals surface area contributed by atoms with Gasteiger partial charge in [0.15, 0.2) is 0 Å². The number of nitrogens with zero attached hydrogens (tertiary/aromatic N) is 1. The molecule has 0 unspecified atom stereocenters. The number of carbonyl (C=O) groups excluding carboxylic acids is 1. The Hall–Kier alpha value is -0.920. The molecule has 0 saturated carbocycles. The number of benzene rings is 1. The molecule has 0 radical (unpaired) electrons. The SMILES string of the molecule is COC(=O)[C@@H](C(C)C)N(C)S(=O)(=O)c1ccc(Br)cc1. The largest absolute Gasteiger partial charge is 0.468 e. The minimum atomic E-state index is -3.74. The fourth-order valence-electron chi connectivity index (χ4n) is 1.88. The maximum absolute atomic E-state index is 12.5. The minimum Gasteiger partial charge on any atom is -0.468 e. The number of carbonyl (C=O) groups is 1. The number of halogens is 1. The van der Waals surface area contributed by atoms with Crippen LogP contribution in [0.5, 0.6) is 0 Å². The third-order valence-electron chi connectivity index (χ3n) is 2.96. The van der Waals surface area contributed by atoms with E-state index in [1.54, 1.807) is 26.0 Å². The first kappa shape index (κ1) is 17.1. The Bertz CT molecular complexity index is 569. The van der Waals surface area contributed by atoms with Crippen molar-refractivity contribution in [1.82, 2.24) is 4.31 Å². The molecule has 0 heterocycles. The summed E-state index contributed by atoms with van der Waals surface area (Å²) in [6.07, 6.45) is 0. The van der Waals surface area contributed by atoms with Crippen LogP contribution in [-0.2, 0) is 19.6 Å². The molecule has 20 heavy (non-hydrogen) atoms. The van der Waals surface area contributed by atoms with Crippen LogP contribution in [-0.4, -0.2) is 38.9 Å². The van der Waals surface area contributed by atoms with Gasteiger partial charge in [0.2, 0.25) is 10.0 Å². The van der Waals surface area contributed by atoms with E-state index in [0.717, 1.165) is 8.78 Å². The van der Waals surface area contributed by atoms with Gasteiger partial charge >= 0.3 is 5.97 Å². The van der Waals surface area contributed by atoms with Crippen LogP contribution in [0.4, 0.5) is 0 Å². The molecule has 0 N–H and O–H groups in total. The highest BCUT2D eigenvalue weighted by Crippen LogP contribution is 2.22. The molecule has 0 aliphatic carbocycles. The van der Waals surface area contributed by atoms with E-state index in [1.807, 2.05) is 0 Å². The molecular formula is C13H18BrNO4S. The summed E-state index contributed by atoms with van der Waals surface area (Å²) in [5, 5.41) is 0. The van der Waals surface area contributed by atoms with Gasteiger partial charge in [0.1, 0.15) is 6.04 Å². The van der Waals surface area contributed by atoms with Gasteiger partial charge in [0.25, 0.3) is 0 Å². The molecule has 7 heteroatoms. The van der Waals surface area contributed by atoms with Crippen LogP contribution in [0.25, 0.3) is 0 Å². The van der Waals surface area contributed by atoms with Gasteiger partial charge in [-0.05, 0) is 30.2 Å². The van der Waals surface area contributed by atoms with Crippen molar-refractivity contribution in [1.29, 1.82) is 0 Å². The van der Waals surface area contributed by atoms with E-state index >= 15 is 0 Å². The molecule has 0 fully saturated rings. The zero-order valence-corrected chi connectivity index (χ0v) is 14.2. The highest BCUT2D eigenvalue weighted by Gasteiger charge is 2.35. The summed E-state index contributed by atoms with van der Waals surface area (Å²) < 4.78 is 31.6. The lowest BCUT2D eigenvalue weighted by molar-refractivity contribution is -0.146.